The summed E-state index contributed by atoms with van der Waals surface area (Å²) < 4.78 is 27.0. The van der Waals surface area contributed by atoms with E-state index in [2.05, 4.69) is 10.0 Å². The Labute approximate surface area is 122 Å². The molecule has 1 aromatic carbocycles. The summed E-state index contributed by atoms with van der Waals surface area (Å²) >= 11 is 0. The summed E-state index contributed by atoms with van der Waals surface area (Å²) in [4.78, 5) is 0. The lowest BCUT2D eigenvalue weighted by Gasteiger charge is -2.23. The van der Waals surface area contributed by atoms with Gasteiger partial charge in [-0.25, -0.2) is 13.1 Å². The highest BCUT2D eigenvalue weighted by molar-refractivity contribution is 7.89. The molecule has 1 aliphatic heterocycles. The summed E-state index contributed by atoms with van der Waals surface area (Å²) in [7, 11) is -3.16. The highest BCUT2D eigenvalue weighted by atomic mass is 32.2. The number of hydrogen-bond donors (Lipinski definition) is 2. The van der Waals surface area contributed by atoms with Crippen molar-refractivity contribution in [1.82, 2.24) is 10.0 Å². The molecule has 2 rings (SSSR count). The molecule has 1 atom stereocenters. The minimum atomic E-state index is -3.16. The third-order valence-electron chi connectivity index (χ3n) is 3.89. The normalized spacial score (nSPS) is 18.9. The van der Waals surface area contributed by atoms with Crippen LogP contribution in [0.3, 0.4) is 0 Å². The van der Waals surface area contributed by atoms with E-state index in [9.17, 15) is 8.42 Å². The van der Waals surface area contributed by atoms with E-state index in [4.69, 9.17) is 0 Å². The molecule has 1 unspecified atom stereocenters. The second-order valence-electron chi connectivity index (χ2n) is 5.63. The Morgan fingerprint density at radius 2 is 1.90 bits per heavy atom. The highest BCUT2D eigenvalue weighted by Crippen LogP contribution is 2.16. The van der Waals surface area contributed by atoms with Gasteiger partial charge in [-0.2, -0.15) is 0 Å². The quantitative estimate of drug-likeness (QED) is 0.840. The fourth-order valence-electron chi connectivity index (χ4n) is 2.57. The predicted molar refractivity (Wildman–Crippen MR) is 82.2 cm³/mol. The molecule has 0 aromatic heterocycles. The maximum atomic E-state index is 12.1. The molecule has 0 saturated carbocycles. The summed E-state index contributed by atoms with van der Waals surface area (Å²) in [6.45, 7) is 4.38. The molecule has 1 heterocycles. The van der Waals surface area contributed by atoms with Crippen LogP contribution in [-0.4, -0.2) is 33.8 Å². The molecule has 0 spiro atoms. The molecule has 1 aromatic rings. The first kappa shape index (κ1) is 15.5. The molecule has 1 saturated heterocycles. The van der Waals surface area contributed by atoms with Gasteiger partial charge in [-0.05, 0) is 43.3 Å². The Kier molecular flexibility index (Phi) is 5.57. The Bertz CT molecular complexity index is 496. The molecule has 4 nitrogen and oxygen atoms in total. The van der Waals surface area contributed by atoms with E-state index in [0.717, 1.165) is 31.5 Å². The van der Waals surface area contributed by atoms with Crippen LogP contribution in [0.25, 0.3) is 0 Å². The molecule has 0 aliphatic carbocycles. The van der Waals surface area contributed by atoms with Crippen LogP contribution in [0.2, 0.25) is 0 Å². The molecule has 5 heteroatoms. The van der Waals surface area contributed by atoms with Gasteiger partial charge in [0.15, 0.2) is 0 Å². The van der Waals surface area contributed by atoms with Crippen molar-refractivity contribution >= 4 is 10.0 Å². The molecular weight excluding hydrogens is 272 g/mol. The van der Waals surface area contributed by atoms with E-state index in [1.807, 2.05) is 37.3 Å². The fraction of sp³-hybridized carbons (Fsp3) is 0.600. The third-order valence-corrected chi connectivity index (χ3v) is 5.41. The summed E-state index contributed by atoms with van der Waals surface area (Å²) in [5.74, 6) is 0.746. The number of piperidine rings is 1. The lowest BCUT2D eigenvalue weighted by atomic mass is 10.0. The minimum absolute atomic E-state index is 0.194. The molecule has 0 bridgehead atoms. The van der Waals surface area contributed by atoms with Crippen molar-refractivity contribution in [2.75, 3.05) is 25.4 Å². The summed E-state index contributed by atoms with van der Waals surface area (Å²) in [6, 6.07) is 10.00. The second kappa shape index (κ2) is 7.20. The lowest BCUT2D eigenvalue weighted by molar-refractivity contribution is 0.400. The number of nitrogens with one attached hydrogen (secondary N) is 2. The molecule has 1 aliphatic rings. The minimum Gasteiger partial charge on any atom is -0.317 e. The molecule has 1 fully saturated rings. The van der Waals surface area contributed by atoms with Gasteiger partial charge in [-0.15, -0.1) is 0 Å². The monoisotopic (exact) mass is 296 g/mol. The van der Waals surface area contributed by atoms with Gasteiger partial charge < -0.3 is 5.32 Å². The number of hydrogen-bond acceptors (Lipinski definition) is 3. The number of sulfonamides is 1. The molecule has 0 radical (unpaired) electrons. The van der Waals surface area contributed by atoms with Crippen molar-refractivity contribution < 1.29 is 8.42 Å². The van der Waals surface area contributed by atoms with Gasteiger partial charge in [0, 0.05) is 6.54 Å². The molecule has 112 valence electrons. The van der Waals surface area contributed by atoms with Crippen LogP contribution in [0, 0.1) is 5.92 Å². The van der Waals surface area contributed by atoms with Gasteiger partial charge in [-0.3, -0.25) is 0 Å². The second-order valence-corrected chi connectivity index (χ2v) is 7.49. The lowest BCUT2D eigenvalue weighted by Crippen LogP contribution is -2.36. The van der Waals surface area contributed by atoms with E-state index in [-0.39, 0.29) is 11.7 Å². The van der Waals surface area contributed by atoms with Gasteiger partial charge >= 0.3 is 0 Å². The average Bonchev–Trinajstić information content (AvgIpc) is 2.46. The Morgan fingerprint density at radius 1 is 1.25 bits per heavy atom. The zero-order chi connectivity index (χ0) is 14.4. The molecule has 2 N–H and O–H groups in total. The van der Waals surface area contributed by atoms with E-state index in [1.54, 1.807) is 0 Å². The van der Waals surface area contributed by atoms with Crippen LogP contribution in [0.15, 0.2) is 30.3 Å². The summed E-state index contributed by atoms with van der Waals surface area (Å²) in [5, 5.41) is 3.26. The van der Waals surface area contributed by atoms with Crippen molar-refractivity contribution in [1.29, 1.82) is 0 Å². The SMILES string of the molecule is CC(CNS(=O)(=O)CC1CCNCC1)c1ccccc1. The molecular formula is C15H24N2O2S. The van der Waals surface area contributed by atoms with Crippen LogP contribution in [0.1, 0.15) is 31.2 Å². The van der Waals surface area contributed by atoms with Crippen molar-refractivity contribution in [2.24, 2.45) is 5.92 Å². The van der Waals surface area contributed by atoms with E-state index in [1.165, 1.54) is 0 Å². The van der Waals surface area contributed by atoms with Crippen LogP contribution in [0.4, 0.5) is 0 Å². The molecule has 0 amide bonds. The zero-order valence-electron chi connectivity index (χ0n) is 12.0. The zero-order valence-corrected chi connectivity index (χ0v) is 12.8. The van der Waals surface area contributed by atoms with Crippen molar-refractivity contribution in [3.8, 4) is 0 Å². The maximum Gasteiger partial charge on any atom is 0.211 e. The highest BCUT2D eigenvalue weighted by Gasteiger charge is 2.21. The van der Waals surface area contributed by atoms with Crippen molar-refractivity contribution in [3.05, 3.63) is 35.9 Å². The first-order valence-corrected chi connectivity index (χ1v) is 8.95. The van der Waals surface area contributed by atoms with Crippen molar-refractivity contribution in [2.45, 2.75) is 25.7 Å². The van der Waals surface area contributed by atoms with Crippen LogP contribution in [-0.2, 0) is 10.0 Å². The summed E-state index contributed by atoms with van der Waals surface area (Å²) in [6.07, 6.45) is 1.91. The van der Waals surface area contributed by atoms with Gasteiger partial charge in [0.05, 0.1) is 5.75 Å². The van der Waals surface area contributed by atoms with E-state index >= 15 is 0 Å². The number of benzene rings is 1. The van der Waals surface area contributed by atoms with Crippen molar-refractivity contribution in [3.63, 3.8) is 0 Å². The Morgan fingerprint density at radius 3 is 2.55 bits per heavy atom. The Balaban J connectivity index is 1.82. The van der Waals surface area contributed by atoms with Crippen LogP contribution < -0.4 is 10.0 Å². The summed E-state index contributed by atoms with van der Waals surface area (Å²) in [5.41, 5.74) is 1.16. The maximum absolute atomic E-state index is 12.1. The predicted octanol–water partition coefficient (Wildman–Crippen LogP) is 1.71. The van der Waals surface area contributed by atoms with Crippen LogP contribution >= 0.6 is 0 Å². The number of rotatable bonds is 6. The Hall–Kier alpha value is -0.910. The largest absolute Gasteiger partial charge is 0.317 e. The third kappa shape index (κ3) is 4.89. The van der Waals surface area contributed by atoms with E-state index in [0.29, 0.717) is 12.5 Å². The smallest absolute Gasteiger partial charge is 0.211 e. The standard InChI is InChI=1S/C15H24N2O2S/c1-13(15-5-3-2-4-6-15)11-17-20(18,19)12-14-7-9-16-10-8-14/h2-6,13-14,16-17H,7-12H2,1H3. The average molecular weight is 296 g/mol. The first-order valence-electron chi connectivity index (χ1n) is 7.30. The van der Waals surface area contributed by atoms with Gasteiger partial charge in [0.25, 0.3) is 0 Å². The topological polar surface area (TPSA) is 58.2 Å². The van der Waals surface area contributed by atoms with Gasteiger partial charge in [-0.1, -0.05) is 37.3 Å². The first-order chi connectivity index (χ1) is 9.57. The van der Waals surface area contributed by atoms with Gasteiger partial charge in [0.2, 0.25) is 10.0 Å². The van der Waals surface area contributed by atoms with E-state index < -0.39 is 10.0 Å². The molecule has 20 heavy (non-hydrogen) atoms. The van der Waals surface area contributed by atoms with Crippen LogP contribution in [0.5, 0.6) is 0 Å². The van der Waals surface area contributed by atoms with Gasteiger partial charge in [0.1, 0.15) is 0 Å². The fourth-order valence-corrected chi connectivity index (χ4v) is 4.14.